The first-order valence-corrected chi connectivity index (χ1v) is 5.75. The third-order valence-corrected chi connectivity index (χ3v) is 2.01. The molecule has 6 nitrogen and oxygen atoms in total. The predicted octanol–water partition coefficient (Wildman–Crippen LogP) is 2.92. The fraction of sp³-hybridized carbons (Fsp3) is 0.250. The van der Waals surface area contributed by atoms with E-state index in [9.17, 15) is 14.5 Å². The molecule has 0 unspecified atom stereocenters. The lowest BCUT2D eigenvalue weighted by Crippen LogP contribution is -1.96. The molecule has 2 N–H and O–H groups in total. The molecule has 2 aromatic rings. The molecule has 102 valence electrons. The van der Waals surface area contributed by atoms with E-state index in [1.165, 1.54) is 41.6 Å². The van der Waals surface area contributed by atoms with Gasteiger partial charge < -0.3 is 5.73 Å². The summed E-state index contributed by atoms with van der Waals surface area (Å²) in [6.45, 7) is 4.25. The first kappa shape index (κ1) is 14.6. The fourth-order valence-electron chi connectivity index (χ4n) is 1.24. The third-order valence-electron chi connectivity index (χ3n) is 2.01. The SMILES string of the molecule is CCC.Nc1nn(-c2ccc(F)cc2)cc1[N+](=O)[O-]. The van der Waals surface area contributed by atoms with Crippen LogP contribution in [0.25, 0.3) is 5.69 Å². The molecule has 1 aromatic heterocycles. The summed E-state index contributed by atoms with van der Waals surface area (Å²) in [7, 11) is 0. The van der Waals surface area contributed by atoms with Crippen molar-refractivity contribution in [2.45, 2.75) is 20.3 Å². The Morgan fingerprint density at radius 1 is 1.37 bits per heavy atom. The second-order valence-electron chi connectivity index (χ2n) is 3.78. The van der Waals surface area contributed by atoms with Crippen molar-refractivity contribution in [3.63, 3.8) is 0 Å². The Morgan fingerprint density at radius 2 is 1.89 bits per heavy atom. The van der Waals surface area contributed by atoms with E-state index in [-0.39, 0.29) is 11.5 Å². The Kier molecular flexibility index (Phi) is 4.99. The highest BCUT2D eigenvalue weighted by Crippen LogP contribution is 2.21. The molecule has 0 aliphatic rings. The Bertz CT molecular complexity index is 551. The minimum Gasteiger partial charge on any atom is -0.376 e. The lowest BCUT2D eigenvalue weighted by molar-refractivity contribution is -0.384. The van der Waals surface area contributed by atoms with Gasteiger partial charge in [0, 0.05) is 0 Å². The molecule has 1 aromatic carbocycles. The molecule has 1 heterocycles. The van der Waals surface area contributed by atoms with Crippen LogP contribution in [0.2, 0.25) is 0 Å². The number of anilines is 1. The zero-order valence-electron chi connectivity index (χ0n) is 10.7. The average Bonchev–Trinajstić information content (AvgIpc) is 2.73. The van der Waals surface area contributed by atoms with E-state index in [4.69, 9.17) is 5.73 Å². The van der Waals surface area contributed by atoms with Gasteiger partial charge in [0.2, 0.25) is 5.82 Å². The van der Waals surface area contributed by atoms with Crippen LogP contribution in [0.4, 0.5) is 15.9 Å². The maximum Gasteiger partial charge on any atom is 0.331 e. The molecular formula is C12H15FN4O2. The van der Waals surface area contributed by atoms with Crippen molar-refractivity contribution < 1.29 is 9.31 Å². The molecule has 0 spiro atoms. The summed E-state index contributed by atoms with van der Waals surface area (Å²) in [4.78, 5) is 9.91. The van der Waals surface area contributed by atoms with E-state index in [2.05, 4.69) is 18.9 Å². The average molecular weight is 266 g/mol. The van der Waals surface area contributed by atoms with Crippen LogP contribution < -0.4 is 5.73 Å². The molecule has 0 saturated heterocycles. The number of hydrogen-bond donors (Lipinski definition) is 1. The van der Waals surface area contributed by atoms with Gasteiger partial charge in [0.25, 0.3) is 0 Å². The van der Waals surface area contributed by atoms with Crippen LogP contribution in [-0.4, -0.2) is 14.7 Å². The minimum absolute atomic E-state index is 0.172. The minimum atomic E-state index is -0.623. The normalized spacial score (nSPS) is 9.63. The topological polar surface area (TPSA) is 87.0 Å². The lowest BCUT2D eigenvalue weighted by Gasteiger charge is -1.98. The number of halogens is 1. The quantitative estimate of drug-likeness (QED) is 0.668. The summed E-state index contributed by atoms with van der Waals surface area (Å²) >= 11 is 0. The third kappa shape index (κ3) is 3.77. The van der Waals surface area contributed by atoms with E-state index in [0.29, 0.717) is 5.69 Å². The first-order chi connectivity index (χ1) is 8.99. The van der Waals surface area contributed by atoms with E-state index in [1.54, 1.807) is 0 Å². The largest absolute Gasteiger partial charge is 0.376 e. The Morgan fingerprint density at radius 3 is 2.32 bits per heavy atom. The molecule has 2 rings (SSSR count). The van der Waals surface area contributed by atoms with Gasteiger partial charge in [-0.25, -0.2) is 9.07 Å². The van der Waals surface area contributed by atoms with Crippen molar-refractivity contribution in [1.29, 1.82) is 0 Å². The Balaban J connectivity index is 0.000000550. The molecular weight excluding hydrogens is 251 g/mol. The highest BCUT2D eigenvalue weighted by atomic mass is 19.1. The highest BCUT2D eigenvalue weighted by Gasteiger charge is 2.16. The lowest BCUT2D eigenvalue weighted by atomic mass is 10.3. The monoisotopic (exact) mass is 266 g/mol. The van der Waals surface area contributed by atoms with E-state index >= 15 is 0 Å². The smallest absolute Gasteiger partial charge is 0.331 e. The molecule has 0 amide bonds. The van der Waals surface area contributed by atoms with Gasteiger partial charge in [-0.05, 0) is 24.3 Å². The maximum atomic E-state index is 12.7. The van der Waals surface area contributed by atoms with Gasteiger partial charge in [-0.15, -0.1) is 5.10 Å². The van der Waals surface area contributed by atoms with Gasteiger partial charge in [-0.2, -0.15) is 0 Å². The number of nitrogen functional groups attached to an aromatic ring is 1. The number of hydrogen-bond acceptors (Lipinski definition) is 4. The van der Waals surface area contributed by atoms with Crippen molar-refractivity contribution in [3.05, 3.63) is 46.4 Å². The number of nitrogens with zero attached hydrogens (tertiary/aromatic N) is 3. The van der Waals surface area contributed by atoms with Gasteiger partial charge in [0.15, 0.2) is 0 Å². The van der Waals surface area contributed by atoms with E-state index in [0.717, 1.165) is 0 Å². The number of rotatable bonds is 2. The standard InChI is InChI=1S/C9H7FN4O2.C3H8/c10-6-1-3-7(4-2-6)13-5-8(14(15)16)9(11)12-13;1-3-2/h1-5H,(H2,11,12);3H2,1-2H3. The molecule has 0 aliphatic carbocycles. The number of benzene rings is 1. The van der Waals surface area contributed by atoms with Crippen LogP contribution >= 0.6 is 0 Å². The fourth-order valence-corrected chi connectivity index (χ4v) is 1.24. The van der Waals surface area contributed by atoms with Crippen LogP contribution in [0.5, 0.6) is 0 Å². The van der Waals surface area contributed by atoms with Gasteiger partial charge in [0.05, 0.1) is 10.6 Å². The second-order valence-corrected chi connectivity index (χ2v) is 3.78. The van der Waals surface area contributed by atoms with Crippen LogP contribution in [0.3, 0.4) is 0 Å². The van der Waals surface area contributed by atoms with Crippen molar-refractivity contribution in [3.8, 4) is 5.69 Å². The van der Waals surface area contributed by atoms with Gasteiger partial charge in [0.1, 0.15) is 12.0 Å². The number of nitrogens with two attached hydrogens (primary N) is 1. The van der Waals surface area contributed by atoms with Crippen molar-refractivity contribution >= 4 is 11.5 Å². The maximum absolute atomic E-state index is 12.7. The van der Waals surface area contributed by atoms with Crippen molar-refractivity contribution in [1.82, 2.24) is 9.78 Å². The number of nitro groups is 1. The zero-order chi connectivity index (χ0) is 14.4. The predicted molar refractivity (Wildman–Crippen MR) is 70.6 cm³/mol. The summed E-state index contributed by atoms with van der Waals surface area (Å²) in [5.41, 5.74) is 5.59. The van der Waals surface area contributed by atoms with Crippen molar-refractivity contribution in [2.75, 3.05) is 5.73 Å². The molecule has 0 saturated carbocycles. The molecule has 0 fully saturated rings. The van der Waals surface area contributed by atoms with Gasteiger partial charge >= 0.3 is 5.69 Å². The van der Waals surface area contributed by atoms with Crippen LogP contribution in [0.1, 0.15) is 20.3 Å². The zero-order valence-corrected chi connectivity index (χ0v) is 10.7. The highest BCUT2D eigenvalue weighted by molar-refractivity contribution is 5.52. The summed E-state index contributed by atoms with van der Waals surface area (Å²) in [5.74, 6) is -0.562. The van der Waals surface area contributed by atoms with Gasteiger partial charge in [-0.1, -0.05) is 20.3 Å². The van der Waals surface area contributed by atoms with Gasteiger partial charge in [-0.3, -0.25) is 10.1 Å². The summed E-state index contributed by atoms with van der Waals surface area (Å²) in [5, 5.41) is 14.3. The summed E-state index contributed by atoms with van der Waals surface area (Å²) in [6.07, 6.45) is 2.43. The number of aromatic nitrogens is 2. The molecule has 7 heteroatoms. The first-order valence-electron chi connectivity index (χ1n) is 5.75. The Labute approximate surface area is 109 Å². The summed E-state index contributed by atoms with van der Waals surface area (Å²) in [6, 6.07) is 5.37. The van der Waals surface area contributed by atoms with Crippen LogP contribution in [0.15, 0.2) is 30.5 Å². The van der Waals surface area contributed by atoms with E-state index < -0.39 is 10.7 Å². The van der Waals surface area contributed by atoms with Crippen LogP contribution in [0, 0.1) is 15.9 Å². The molecule has 19 heavy (non-hydrogen) atoms. The Hall–Kier alpha value is -2.44. The van der Waals surface area contributed by atoms with Crippen LogP contribution in [-0.2, 0) is 0 Å². The molecule has 0 radical (unpaired) electrons. The second kappa shape index (κ2) is 6.48. The molecule has 0 atom stereocenters. The van der Waals surface area contributed by atoms with Crippen molar-refractivity contribution in [2.24, 2.45) is 0 Å². The molecule has 0 bridgehead atoms. The van der Waals surface area contributed by atoms with E-state index in [1.807, 2.05) is 0 Å². The molecule has 0 aliphatic heterocycles. The summed E-state index contributed by atoms with van der Waals surface area (Å²) < 4.78 is 13.9.